The minimum atomic E-state index is -1.85. The highest BCUT2D eigenvalue weighted by atomic mass is 16.8. The lowest BCUT2D eigenvalue weighted by molar-refractivity contribution is -0.359. The number of amides is 4. The van der Waals surface area contributed by atoms with Crippen LogP contribution in [0, 0.1) is 5.41 Å². The second kappa shape index (κ2) is 34.3. The van der Waals surface area contributed by atoms with Crippen LogP contribution in [0.25, 0.3) is 0 Å². The third-order valence-corrected chi connectivity index (χ3v) is 13.1. The summed E-state index contributed by atoms with van der Waals surface area (Å²) in [6, 6.07) is 0. The summed E-state index contributed by atoms with van der Waals surface area (Å²) in [5.74, 6) is -3.28. The van der Waals surface area contributed by atoms with Crippen LogP contribution < -0.4 is 21.3 Å². The molecule has 0 aromatic carbocycles. The van der Waals surface area contributed by atoms with Gasteiger partial charge >= 0.3 is 0 Å². The van der Waals surface area contributed by atoms with Crippen molar-refractivity contribution in [2.24, 2.45) is 5.41 Å². The summed E-state index contributed by atoms with van der Waals surface area (Å²) in [4.78, 5) is 74.0. The third-order valence-electron chi connectivity index (χ3n) is 13.1. The van der Waals surface area contributed by atoms with E-state index in [1.54, 1.807) is 0 Å². The number of Topliss-reactive ketones (excluding diaryl/α,β-unsaturated/α-hetero) is 2. The van der Waals surface area contributed by atoms with Gasteiger partial charge in [-0.3, -0.25) is 28.8 Å². The van der Waals surface area contributed by atoms with Crippen LogP contribution in [0.15, 0.2) is 0 Å². The van der Waals surface area contributed by atoms with Crippen LogP contribution in [0.2, 0.25) is 0 Å². The summed E-state index contributed by atoms with van der Waals surface area (Å²) in [6.07, 6.45) is -34.1. The van der Waals surface area contributed by atoms with Gasteiger partial charge in [-0.15, -0.1) is 0 Å². The average molecular weight is 1180 g/mol. The van der Waals surface area contributed by atoms with Crippen molar-refractivity contribution in [1.29, 1.82) is 0 Å². The molecule has 4 aliphatic heterocycles. The molecule has 0 aromatic heterocycles. The number of aliphatic hydroxyl groups excluding tert-OH is 14. The highest BCUT2D eigenvalue weighted by molar-refractivity contribution is 5.88. The number of nitrogens with one attached hydrogen (secondary N) is 4. The van der Waals surface area contributed by atoms with E-state index in [0.717, 1.165) is 0 Å². The second-order valence-corrected chi connectivity index (χ2v) is 20.2. The van der Waals surface area contributed by atoms with Crippen molar-refractivity contribution in [2.75, 3.05) is 79.4 Å². The Hall–Kier alpha value is -3.74. The van der Waals surface area contributed by atoms with E-state index in [4.69, 9.17) is 47.4 Å². The first kappa shape index (κ1) is 69.8. The maximum atomic E-state index is 12.4. The van der Waals surface area contributed by atoms with Gasteiger partial charge in [-0.1, -0.05) is 13.8 Å². The van der Waals surface area contributed by atoms with Gasteiger partial charge in [-0.2, -0.15) is 0 Å². The van der Waals surface area contributed by atoms with Gasteiger partial charge in [-0.05, 0) is 0 Å². The van der Waals surface area contributed by atoms with Crippen LogP contribution in [0.4, 0.5) is 0 Å². The zero-order valence-electron chi connectivity index (χ0n) is 44.6. The summed E-state index contributed by atoms with van der Waals surface area (Å²) in [5, 5.41) is 151. The minimum Gasteiger partial charge on any atom is -0.394 e. The molecular formula is C47H80N4O30. The predicted octanol–water partition coefficient (Wildman–Crippen LogP) is -10.8. The Labute approximate surface area is 463 Å². The van der Waals surface area contributed by atoms with E-state index in [1.807, 2.05) is 13.8 Å². The molecule has 0 aromatic rings. The van der Waals surface area contributed by atoms with Crippen molar-refractivity contribution in [2.45, 2.75) is 175 Å². The van der Waals surface area contributed by atoms with Crippen LogP contribution in [-0.4, -0.2) is 309 Å². The Morgan fingerprint density at radius 1 is 0.395 bits per heavy atom. The molecule has 0 spiro atoms. The van der Waals surface area contributed by atoms with Gasteiger partial charge in [-0.25, -0.2) is 0 Å². The SMILES string of the molecule is CC(C)(COCCC(=O)CCC(=O)NCC(=O)NCOC1OC(CO)C(OC2OC(CO)C(O)C(O)C2O)C(O)C1O)COCCC(=O)CCC(=O)NCC(=O)NCOC1OC(CO)C(OC2OC(CO)C(O)C(O)C2O)C(O)C1O. The number of rotatable bonds is 34. The van der Waals surface area contributed by atoms with Crippen molar-refractivity contribution in [3.63, 3.8) is 0 Å². The Morgan fingerprint density at radius 3 is 1.07 bits per heavy atom. The molecule has 468 valence electrons. The first-order chi connectivity index (χ1) is 38.4. The third kappa shape index (κ3) is 21.4. The first-order valence-corrected chi connectivity index (χ1v) is 26.0. The summed E-state index contributed by atoms with van der Waals surface area (Å²) in [6.45, 7) is -1.26. The monoisotopic (exact) mass is 1180 g/mol. The number of carbonyl (C=O) groups excluding carboxylic acids is 6. The lowest BCUT2D eigenvalue weighted by atomic mass is 9.96. The van der Waals surface area contributed by atoms with Gasteiger partial charge in [0, 0.05) is 43.9 Å². The molecule has 0 saturated carbocycles. The van der Waals surface area contributed by atoms with Crippen LogP contribution >= 0.6 is 0 Å². The molecule has 81 heavy (non-hydrogen) atoms. The molecule has 4 aliphatic rings. The number of hydrogen-bond donors (Lipinski definition) is 18. The molecule has 0 radical (unpaired) electrons. The zero-order valence-corrected chi connectivity index (χ0v) is 44.6. The second-order valence-electron chi connectivity index (χ2n) is 20.2. The van der Waals surface area contributed by atoms with Crippen LogP contribution in [0.1, 0.15) is 52.4 Å². The van der Waals surface area contributed by atoms with Crippen LogP contribution in [0.3, 0.4) is 0 Å². The van der Waals surface area contributed by atoms with Gasteiger partial charge in [0.15, 0.2) is 25.2 Å². The molecule has 4 fully saturated rings. The Morgan fingerprint density at radius 2 is 0.728 bits per heavy atom. The van der Waals surface area contributed by atoms with Crippen molar-refractivity contribution in [1.82, 2.24) is 21.3 Å². The van der Waals surface area contributed by atoms with E-state index in [2.05, 4.69) is 21.3 Å². The van der Waals surface area contributed by atoms with Gasteiger partial charge in [0.2, 0.25) is 23.6 Å². The minimum absolute atomic E-state index is 0.00983. The lowest BCUT2D eigenvalue weighted by Crippen LogP contribution is -2.64. The van der Waals surface area contributed by atoms with Gasteiger partial charge in [0.25, 0.3) is 0 Å². The van der Waals surface area contributed by atoms with E-state index >= 15 is 0 Å². The fourth-order valence-corrected chi connectivity index (χ4v) is 8.32. The topological polar surface area (TPSA) is 526 Å². The van der Waals surface area contributed by atoms with Crippen LogP contribution in [0.5, 0.6) is 0 Å². The van der Waals surface area contributed by atoms with Gasteiger partial charge < -0.3 is 140 Å². The van der Waals surface area contributed by atoms with Crippen LogP contribution in [-0.2, 0) is 76.1 Å². The molecule has 34 heteroatoms. The Kier molecular flexibility index (Phi) is 29.5. The molecule has 18 N–H and O–H groups in total. The predicted molar refractivity (Wildman–Crippen MR) is 260 cm³/mol. The number of ketones is 2. The van der Waals surface area contributed by atoms with E-state index in [0.29, 0.717) is 0 Å². The van der Waals surface area contributed by atoms with Gasteiger partial charge in [0.05, 0.1) is 65.9 Å². The standard InChI is InChI=1S/C47H80N4O30/c1-47(2,17-72-9-7-21(56)3-5-27(58)48-11-29(60)50-19-74-43-39(70)35(66)41(25(15-54)78-43)80-45-37(68)33(64)31(62)23(13-52)76-45)18-73-10-8-22(57)4-6-28(59)49-12-30(61)51-20-75-44-40(71)36(67)42(26(16-55)79-44)81-46-38(69)34(65)32(63)24(14-53)77-46/h23-26,31-46,52-55,62-71H,3-20H2,1-2H3,(H,48,58)(H,49,59)(H,50,60)(H,51,61). The quantitative estimate of drug-likeness (QED) is 0.0210. The maximum absolute atomic E-state index is 12.4. The fourth-order valence-electron chi connectivity index (χ4n) is 8.32. The normalized spacial score (nSPS) is 34.5. The zero-order chi connectivity index (χ0) is 60.1. The molecule has 4 rings (SSSR count). The van der Waals surface area contributed by atoms with E-state index in [-0.39, 0.29) is 76.5 Å². The number of carbonyl (C=O) groups is 6. The molecule has 20 atom stereocenters. The van der Waals surface area contributed by atoms with Crippen molar-refractivity contribution >= 4 is 35.2 Å². The average Bonchev–Trinajstić information content (AvgIpc) is 3.49. The Balaban J connectivity index is 0.984. The van der Waals surface area contributed by atoms with Gasteiger partial charge in [0.1, 0.15) is 123 Å². The number of ether oxygens (including phenoxy) is 10. The maximum Gasteiger partial charge on any atom is 0.241 e. The highest BCUT2D eigenvalue weighted by Crippen LogP contribution is 2.31. The van der Waals surface area contributed by atoms with Crippen molar-refractivity contribution < 1.29 is 148 Å². The summed E-state index contributed by atoms with van der Waals surface area (Å²) in [7, 11) is 0. The Bertz CT molecular complexity index is 1820. The smallest absolute Gasteiger partial charge is 0.241 e. The van der Waals surface area contributed by atoms with E-state index in [9.17, 15) is 100 Å². The largest absolute Gasteiger partial charge is 0.394 e. The first-order valence-electron chi connectivity index (χ1n) is 26.0. The van der Waals surface area contributed by atoms with Crippen molar-refractivity contribution in [3.8, 4) is 0 Å². The molecule has 0 bridgehead atoms. The lowest BCUT2D eigenvalue weighted by Gasteiger charge is -2.45. The van der Waals surface area contributed by atoms with E-state index < -0.39 is 205 Å². The van der Waals surface area contributed by atoms with E-state index in [1.165, 1.54) is 0 Å². The number of hydrogen-bond acceptors (Lipinski definition) is 30. The summed E-state index contributed by atoms with van der Waals surface area (Å²) in [5.41, 5.74) is -0.530. The molecule has 4 heterocycles. The van der Waals surface area contributed by atoms with Crippen molar-refractivity contribution in [3.05, 3.63) is 0 Å². The molecular weight excluding hydrogens is 1100 g/mol. The summed E-state index contributed by atoms with van der Waals surface area (Å²) >= 11 is 0. The highest BCUT2D eigenvalue weighted by Gasteiger charge is 2.52. The molecule has 4 amide bonds. The molecule has 20 unspecified atom stereocenters. The summed E-state index contributed by atoms with van der Waals surface area (Å²) < 4.78 is 54.2. The molecule has 0 aliphatic carbocycles. The fraction of sp³-hybridized carbons (Fsp3) is 0.872. The molecule has 34 nitrogen and oxygen atoms in total. The number of aliphatic hydroxyl groups is 14. The molecule has 4 saturated heterocycles.